The van der Waals surface area contributed by atoms with Gasteiger partial charge < -0.3 is 14.6 Å². The van der Waals surface area contributed by atoms with Gasteiger partial charge in [-0.2, -0.15) is 0 Å². The van der Waals surface area contributed by atoms with Crippen molar-refractivity contribution < 1.29 is 18.7 Å². The molecule has 0 spiro atoms. The molecule has 0 unspecified atom stereocenters. The number of rotatable bonds is 4. The summed E-state index contributed by atoms with van der Waals surface area (Å²) in [7, 11) is 0. The first-order valence-electron chi connectivity index (χ1n) is 7.48. The molecule has 7 nitrogen and oxygen atoms in total. The monoisotopic (exact) mass is 332 g/mol. The SMILES string of the molecule is CC(=O)NC[C@H]1CN(c2ccc(-n3ccnc3C)c(F)c2)C(=O)O1. The van der Waals surface area contributed by atoms with E-state index in [0.29, 0.717) is 17.2 Å². The molecule has 1 aliphatic rings. The number of imidazole rings is 1. The molecule has 1 aromatic carbocycles. The Labute approximate surface area is 138 Å². The molecule has 2 heterocycles. The Morgan fingerprint density at radius 3 is 2.92 bits per heavy atom. The molecule has 2 aromatic rings. The van der Waals surface area contributed by atoms with Crippen LogP contribution >= 0.6 is 0 Å². The van der Waals surface area contributed by atoms with Crippen molar-refractivity contribution in [2.24, 2.45) is 0 Å². The van der Waals surface area contributed by atoms with E-state index in [0.717, 1.165) is 0 Å². The van der Waals surface area contributed by atoms with Crippen LogP contribution in [0.1, 0.15) is 12.7 Å². The minimum absolute atomic E-state index is 0.199. The fraction of sp³-hybridized carbons (Fsp3) is 0.312. The van der Waals surface area contributed by atoms with Crippen molar-refractivity contribution in [2.75, 3.05) is 18.0 Å². The highest BCUT2D eigenvalue weighted by Crippen LogP contribution is 2.25. The average Bonchev–Trinajstić information content (AvgIpc) is 3.11. The first-order valence-corrected chi connectivity index (χ1v) is 7.48. The summed E-state index contributed by atoms with van der Waals surface area (Å²) < 4.78 is 21.2. The standard InChI is InChI=1S/C16H17FN4O3/c1-10-18-5-6-20(10)15-4-3-12(7-14(15)17)21-9-13(24-16(21)23)8-19-11(2)22/h3-7,13H,8-9H2,1-2H3,(H,19,22)/t13-/m0/s1. The molecule has 0 aliphatic carbocycles. The summed E-state index contributed by atoms with van der Waals surface area (Å²) in [5.74, 6) is -0.0000809. The van der Waals surface area contributed by atoms with E-state index in [1.54, 1.807) is 36.0 Å². The lowest BCUT2D eigenvalue weighted by molar-refractivity contribution is -0.119. The third-order valence-electron chi connectivity index (χ3n) is 3.78. The number of anilines is 1. The van der Waals surface area contributed by atoms with Crippen LogP contribution in [0.5, 0.6) is 0 Å². The Balaban J connectivity index is 1.78. The van der Waals surface area contributed by atoms with Gasteiger partial charge >= 0.3 is 6.09 Å². The number of aryl methyl sites for hydroxylation is 1. The van der Waals surface area contributed by atoms with E-state index in [1.165, 1.54) is 17.9 Å². The van der Waals surface area contributed by atoms with Crippen molar-refractivity contribution >= 4 is 17.7 Å². The van der Waals surface area contributed by atoms with Crippen molar-refractivity contribution in [2.45, 2.75) is 20.0 Å². The second kappa shape index (κ2) is 6.31. The van der Waals surface area contributed by atoms with Gasteiger partial charge in [-0.25, -0.2) is 14.2 Å². The maximum atomic E-state index is 14.4. The summed E-state index contributed by atoms with van der Waals surface area (Å²) in [5, 5.41) is 2.60. The molecule has 0 saturated carbocycles. The summed E-state index contributed by atoms with van der Waals surface area (Å²) >= 11 is 0. The van der Waals surface area contributed by atoms with Crippen LogP contribution < -0.4 is 10.2 Å². The molecule has 24 heavy (non-hydrogen) atoms. The Morgan fingerprint density at radius 2 is 2.29 bits per heavy atom. The molecular weight excluding hydrogens is 315 g/mol. The van der Waals surface area contributed by atoms with Crippen molar-refractivity contribution in [1.82, 2.24) is 14.9 Å². The van der Waals surface area contributed by atoms with E-state index in [9.17, 15) is 14.0 Å². The molecule has 1 N–H and O–H groups in total. The van der Waals surface area contributed by atoms with Gasteiger partial charge in [0.2, 0.25) is 5.91 Å². The highest BCUT2D eigenvalue weighted by atomic mass is 19.1. The summed E-state index contributed by atoms with van der Waals surface area (Å²) in [5.41, 5.74) is 0.764. The van der Waals surface area contributed by atoms with Crippen LogP contribution in [0.3, 0.4) is 0 Å². The van der Waals surface area contributed by atoms with Crippen LogP contribution in [0, 0.1) is 12.7 Å². The number of hydrogen-bond acceptors (Lipinski definition) is 4. The van der Waals surface area contributed by atoms with Gasteiger partial charge in [0.15, 0.2) is 0 Å². The molecule has 1 saturated heterocycles. The molecule has 1 aromatic heterocycles. The zero-order valence-corrected chi connectivity index (χ0v) is 13.3. The van der Waals surface area contributed by atoms with Gasteiger partial charge in [-0.05, 0) is 25.1 Å². The molecule has 3 rings (SSSR count). The quantitative estimate of drug-likeness (QED) is 0.926. The van der Waals surface area contributed by atoms with Crippen molar-refractivity contribution in [3.05, 3.63) is 42.2 Å². The number of hydrogen-bond donors (Lipinski definition) is 1. The van der Waals surface area contributed by atoms with Crippen LogP contribution in [-0.2, 0) is 9.53 Å². The van der Waals surface area contributed by atoms with Crippen LogP contribution in [0.2, 0.25) is 0 Å². The van der Waals surface area contributed by atoms with Gasteiger partial charge in [0.05, 0.1) is 24.5 Å². The van der Waals surface area contributed by atoms with E-state index in [4.69, 9.17) is 4.74 Å². The summed E-state index contributed by atoms with van der Waals surface area (Å²) in [4.78, 5) is 28.3. The van der Waals surface area contributed by atoms with E-state index in [-0.39, 0.29) is 19.0 Å². The van der Waals surface area contributed by atoms with Gasteiger partial charge in [0.25, 0.3) is 0 Å². The molecule has 1 aliphatic heterocycles. The van der Waals surface area contributed by atoms with E-state index in [1.807, 2.05) is 0 Å². The number of halogens is 1. The molecule has 126 valence electrons. The van der Waals surface area contributed by atoms with Gasteiger partial charge in [-0.15, -0.1) is 0 Å². The van der Waals surface area contributed by atoms with Gasteiger partial charge in [0, 0.05) is 19.3 Å². The molecule has 1 fully saturated rings. The van der Waals surface area contributed by atoms with E-state index < -0.39 is 18.0 Å². The predicted molar refractivity (Wildman–Crippen MR) is 84.6 cm³/mol. The molecule has 2 amide bonds. The van der Waals surface area contributed by atoms with Gasteiger partial charge in [-0.1, -0.05) is 0 Å². The topological polar surface area (TPSA) is 76.5 Å². The number of amides is 2. The van der Waals surface area contributed by atoms with Crippen molar-refractivity contribution in [3.63, 3.8) is 0 Å². The highest BCUT2D eigenvalue weighted by molar-refractivity contribution is 5.90. The fourth-order valence-electron chi connectivity index (χ4n) is 2.59. The number of carbonyl (C=O) groups is 2. The number of cyclic esters (lactones) is 1. The number of benzene rings is 1. The number of nitrogens with zero attached hydrogens (tertiary/aromatic N) is 3. The summed E-state index contributed by atoms with van der Waals surface area (Å²) in [6.45, 7) is 3.65. The normalized spacial score (nSPS) is 17.0. The third-order valence-corrected chi connectivity index (χ3v) is 3.78. The highest BCUT2D eigenvalue weighted by Gasteiger charge is 2.32. The maximum Gasteiger partial charge on any atom is 0.414 e. The molecule has 0 radical (unpaired) electrons. The third kappa shape index (κ3) is 3.08. The fourth-order valence-corrected chi connectivity index (χ4v) is 2.59. The first-order chi connectivity index (χ1) is 11.5. The molecule has 8 heteroatoms. The zero-order valence-electron chi connectivity index (χ0n) is 13.3. The lowest BCUT2D eigenvalue weighted by Gasteiger charge is -2.15. The van der Waals surface area contributed by atoms with Crippen LogP contribution in [-0.4, -0.2) is 40.7 Å². The second-order valence-corrected chi connectivity index (χ2v) is 5.53. The lowest BCUT2D eigenvalue weighted by atomic mass is 10.2. The number of nitrogens with one attached hydrogen (secondary N) is 1. The van der Waals surface area contributed by atoms with Crippen LogP contribution in [0.15, 0.2) is 30.6 Å². The van der Waals surface area contributed by atoms with E-state index in [2.05, 4.69) is 10.3 Å². The minimum atomic E-state index is -0.559. The summed E-state index contributed by atoms with van der Waals surface area (Å²) in [6, 6.07) is 4.53. The van der Waals surface area contributed by atoms with Gasteiger partial charge in [-0.3, -0.25) is 9.69 Å². The second-order valence-electron chi connectivity index (χ2n) is 5.53. The lowest BCUT2D eigenvalue weighted by Crippen LogP contribution is -2.33. The number of ether oxygens (including phenoxy) is 1. The zero-order chi connectivity index (χ0) is 17.3. The van der Waals surface area contributed by atoms with Crippen molar-refractivity contribution in [3.8, 4) is 5.69 Å². The molecular formula is C16H17FN4O3. The smallest absolute Gasteiger partial charge is 0.414 e. The minimum Gasteiger partial charge on any atom is -0.442 e. The maximum absolute atomic E-state index is 14.4. The Hall–Kier alpha value is -2.90. The molecule has 0 bridgehead atoms. The van der Waals surface area contributed by atoms with E-state index >= 15 is 0 Å². The number of carbonyl (C=O) groups excluding carboxylic acids is 2. The summed E-state index contributed by atoms with van der Waals surface area (Å²) in [6.07, 6.45) is 2.24. The number of aromatic nitrogens is 2. The Morgan fingerprint density at radius 1 is 1.50 bits per heavy atom. The van der Waals surface area contributed by atoms with Crippen LogP contribution in [0.4, 0.5) is 14.9 Å². The first kappa shape index (κ1) is 16.0. The van der Waals surface area contributed by atoms with Crippen molar-refractivity contribution in [1.29, 1.82) is 0 Å². The Bertz CT molecular complexity index is 789. The Kier molecular flexibility index (Phi) is 4.20. The predicted octanol–water partition coefficient (Wildman–Crippen LogP) is 1.78. The average molecular weight is 332 g/mol. The van der Waals surface area contributed by atoms with Gasteiger partial charge in [0.1, 0.15) is 17.7 Å². The largest absolute Gasteiger partial charge is 0.442 e. The molecule has 1 atom stereocenters. The van der Waals surface area contributed by atoms with Crippen LogP contribution in [0.25, 0.3) is 5.69 Å².